The number of benzene rings is 1. The first-order chi connectivity index (χ1) is 8.22. The second kappa shape index (κ2) is 7.66. The van der Waals surface area contributed by atoms with Gasteiger partial charge in [-0.1, -0.05) is 38.0 Å². The van der Waals surface area contributed by atoms with Gasteiger partial charge in [0.1, 0.15) is 5.75 Å². The molecule has 92 valence electrons. The molecule has 1 rings (SSSR count). The van der Waals surface area contributed by atoms with Gasteiger partial charge in [0.15, 0.2) is 5.78 Å². The quantitative estimate of drug-likeness (QED) is 0.527. The number of carbonyl (C=O) groups excluding carboxylic acids is 1. The molecule has 2 heteroatoms. The Hall–Kier alpha value is -1.57. The van der Waals surface area contributed by atoms with Crippen LogP contribution < -0.4 is 4.74 Å². The number of ether oxygens (including phenoxy) is 1. The number of hydrogen-bond acceptors (Lipinski definition) is 2. The first-order valence-corrected chi connectivity index (χ1v) is 6.14. The zero-order valence-corrected chi connectivity index (χ0v) is 10.6. The largest absolute Gasteiger partial charge is 0.494 e. The molecule has 1 aromatic carbocycles. The maximum absolute atomic E-state index is 10.8. The fraction of sp³-hybridized carbons (Fsp3) is 0.400. The number of unbranched alkanes of at least 4 members (excludes halogenated alkanes) is 2. The third-order valence-electron chi connectivity index (χ3n) is 2.41. The molecule has 2 nitrogen and oxygen atoms in total. The number of hydrogen-bond donors (Lipinski definition) is 0. The van der Waals surface area contributed by atoms with Crippen LogP contribution in [0.1, 0.15) is 38.7 Å². The van der Waals surface area contributed by atoms with Crippen LogP contribution in [-0.4, -0.2) is 12.4 Å². The lowest BCUT2D eigenvalue weighted by Crippen LogP contribution is -1.96. The molecule has 0 N–H and O–H groups in total. The third-order valence-corrected chi connectivity index (χ3v) is 2.41. The minimum Gasteiger partial charge on any atom is -0.494 e. The standard InChI is InChI=1S/C15H20O2/c1-3-4-5-12-17-15-10-8-14(9-11-15)7-6-13(2)16/h6-11H,3-5,12H2,1-2H3/b7-6+. The highest BCUT2D eigenvalue weighted by atomic mass is 16.5. The third kappa shape index (κ3) is 5.91. The summed E-state index contributed by atoms with van der Waals surface area (Å²) in [5.74, 6) is 0.950. The van der Waals surface area contributed by atoms with E-state index < -0.39 is 0 Å². The van der Waals surface area contributed by atoms with Gasteiger partial charge >= 0.3 is 0 Å². The molecule has 0 aromatic heterocycles. The maximum atomic E-state index is 10.8. The van der Waals surface area contributed by atoms with E-state index in [4.69, 9.17) is 4.74 Å². The van der Waals surface area contributed by atoms with Gasteiger partial charge in [-0.15, -0.1) is 0 Å². The van der Waals surface area contributed by atoms with Gasteiger partial charge in [0.2, 0.25) is 0 Å². The summed E-state index contributed by atoms with van der Waals surface area (Å²) in [6.07, 6.45) is 6.89. The fourth-order valence-corrected chi connectivity index (χ4v) is 1.43. The minimum atomic E-state index is 0.0601. The van der Waals surface area contributed by atoms with Crippen LogP contribution in [0.3, 0.4) is 0 Å². The fourth-order valence-electron chi connectivity index (χ4n) is 1.43. The summed E-state index contributed by atoms with van der Waals surface area (Å²) >= 11 is 0. The molecular weight excluding hydrogens is 212 g/mol. The van der Waals surface area contributed by atoms with Crippen LogP contribution in [0.5, 0.6) is 5.75 Å². The summed E-state index contributed by atoms with van der Waals surface area (Å²) in [7, 11) is 0. The van der Waals surface area contributed by atoms with Crippen molar-refractivity contribution < 1.29 is 9.53 Å². The molecule has 0 aliphatic rings. The van der Waals surface area contributed by atoms with Gasteiger partial charge in [0, 0.05) is 0 Å². The summed E-state index contributed by atoms with van der Waals surface area (Å²) in [6.45, 7) is 4.49. The van der Waals surface area contributed by atoms with E-state index in [2.05, 4.69) is 6.92 Å². The van der Waals surface area contributed by atoms with Gasteiger partial charge in [-0.2, -0.15) is 0 Å². The van der Waals surface area contributed by atoms with E-state index in [0.29, 0.717) is 0 Å². The van der Waals surface area contributed by atoms with Crippen molar-refractivity contribution in [1.82, 2.24) is 0 Å². The van der Waals surface area contributed by atoms with Crippen LogP contribution in [0.25, 0.3) is 6.08 Å². The summed E-state index contributed by atoms with van der Waals surface area (Å²) in [5.41, 5.74) is 1.01. The normalized spacial score (nSPS) is 10.7. The van der Waals surface area contributed by atoms with Crippen molar-refractivity contribution in [2.45, 2.75) is 33.1 Å². The van der Waals surface area contributed by atoms with E-state index in [1.807, 2.05) is 30.3 Å². The van der Waals surface area contributed by atoms with E-state index in [1.165, 1.54) is 12.8 Å². The Kier molecular flexibility index (Phi) is 6.08. The van der Waals surface area contributed by atoms with Crippen LogP contribution in [0.15, 0.2) is 30.3 Å². The van der Waals surface area contributed by atoms with Crippen LogP contribution in [-0.2, 0) is 4.79 Å². The number of carbonyl (C=O) groups is 1. The van der Waals surface area contributed by atoms with Gasteiger partial charge < -0.3 is 4.74 Å². The zero-order valence-electron chi connectivity index (χ0n) is 10.6. The lowest BCUT2D eigenvalue weighted by Gasteiger charge is -2.05. The van der Waals surface area contributed by atoms with Crippen molar-refractivity contribution in [3.8, 4) is 5.75 Å². The molecule has 0 radical (unpaired) electrons. The lowest BCUT2D eigenvalue weighted by molar-refractivity contribution is -0.112. The second-order valence-electron chi connectivity index (χ2n) is 4.07. The van der Waals surface area contributed by atoms with E-state index in [0.717, 1.165) is 24.3 Å². The Morgan fingerprint density at radius 3 is 2.53 bits per heavy atom. The molecule has 0 heterocycles. The lowest BCUT2D eigenvalue weighted by atomic mass is 10.2. The molecule has 0 amide bonds. The van der Waals surface area contributed by atoms with E-state index >= 15 is 0 Å². The Morgan fingerprint density at radius 2 is 1.94 bits per heavy atom. The highest BCUT2D eigenvalue weighted by Crippen LogP contribution is 2.13. The first-order valence-electron chi connectivity index (χ1n) is 6.14. The molecule has 0 atom stereocenters. The first kappa shape index (κ1) is 13.5. The van der Waals surface area contributed by atoms with Crippen LogP contribution in [0.4, 0.5) is 0 Å². The molecule has 0 saturated carbocycles. The van der Waals surface area contributed by atoms with Gasteiger partial charge in [-0.25, -0.2) is 0 Å². The van der Waals surface area contributed by atoms with Crippen molar-refractivity contribution in [2.24, 2.45) is 0 Å². The summed E-state index contributed by atoms with van der Waals surface area (Å²) in [4.78, 5) is 10.8. The number of allylic oxidation sites excluding steroid dienone is 1. The van der Waals surface area contributed by atoms with Crippen molar-refractivity contribution in [2.75, 3.05) is 6.61 Å². The van der Waals surface area contributed by atoms with E-state index in [1.54, 1.807) is 13.0 Å². The molecule has 0 unspecified atom stereocenters. The molecule has 17 heavy (non-hydrogen) atoms. The molecular formula is C15H20O2. The summed E-state index contributed by atoms with van der Waals surface area (Å²) in [5, 5.41) is 0. The van der Waals surface area contributed by atoms with E-state index in [9.17, 15) is 4.79 Å². The second-order valence-corrected chi connectivity index (χ2v) is 4.07. The average molecular weight is 232 g/mol. The van der Waals surface area contributed by atoms with Crippen LogP contribution in [0, 0.1) is 0 Å². The molecule has 0 bridgehead atoms. The molecule has 1 aromatic rings. The number of rotatable bonds is 7. The van der Waals surface area contributed by atoms with Gasteiger partial charge in [-0.3, -0.25) is 4.79 Å². The van der Waals surface area contributed by atoms with Crippen molar-refractivity contribution in [3.05, 3.63) is 35.9 Å². The molecule has 0 spiro atoms. The Labute approximate surface area is 103 Å². The van der Waals surface area contributed by atoms with Crippen molar-refractivity contribution >= 4 is 11.9 Å². The summed E-state index contributed by atoms with van der Waals surface area (Å²) in [6, 6.07) is 7.78. The topological polar surface area (TPSA) is 26.3 Å². The predicted molar refractivity (Wildman–Crippen MR) is 71.2 cm³/mol. The monoisotopic (exact) mass is 232 g/mol. The molecule has 0 fully saturated rings. The van der Waals surface area contributed by atoms with Crippen LogP contribution in [0.2, 0.25) is 0 Å². The predicted octanol–water partition coefficient (Wildman–Crippen LogP) is 3.86. The van der Waals surface area contributed by atoms with Crippen LogP contribution >= 0.6 is 0 Å². The average Bonchev–Trinajstić information content (AvgIpc) is 2.33. The minimum absolute atomic E-state index is 0.0601. The SMILES string of the molecule is CCCCCOc1ccc(/C=C/C(C)=O)cc1. The summed E-state index contributed by atoms with van der Waals surface area (Å²) < 4.78 is 5.60. The highest BCUT2D eigenvalue weighted by molar-refractivity contribution is 5.91. The number of ketones is 1. The Bertz CT molecular complexity index is 363. The smallest absolute Gasteiger partial charge is 0.152 e. The molecule has 0 aliphatic heterocycles. The van der Waals surface area contributed by atoms with Crippen molar-refractivity contribution in [3.63, 3.8) is 0 Å². The van der Waals surface area contributed by atoms with Gasteiger partial charge in [0.05, 0.1) is 6.61 Å². The highest BCUT2D eigenvalue weighted by Gasteiger charge is 1.94. The Morgan fingerprint density at radius 1 is 1.24 bits per heavy atom. The zero-order chi connectivity index (χ0) is 12.5. The Balaban J connectivity index is 2.42. The van der Waals surface area contributed by atoms with Gasteiger partial charge in [0.25, 0.3) is 0 Å². The maximum Gasteiger partial charge on any atom is 0.152 e. The molecule has 0 saturated heterocycles. The van der Waals surface area contributed by atoms with Crippen molar-refractivity contribution in [1.29, 1.82) is 0 Å². The molecule has 0 aliphatic carbocycles. The van der Waals surface area contributed by atoms with E-state index in [-0.39, 0.29) is 5.78 Å². The van der Waals surface area contributed by atoms with Gasteiger partial charge in [-0.05, 0) is 37.1 Å².